The van der Waals surface area contributed by atoms with Crippen LogP contribution in [0.1, 0.15) is 46.0 Å². The van der Waals surface area contributed by atoms with Gasteiger partial charge in [0.25, 0.3) is 0 Å². The van der Waals surface area contributed by atoms with Gasteiger partial charge >= 0.3 is 6.03 Å². The van der Waals surface area contributed by atoms with Crippen LogP contribution in [0.4, 0.5) is 4.79 Å². The van der Waals surface area contributed by atoms with Crippen LogP contribution in [0.3, 0.4) is 0 Å². The lowest BCUT2D eigenvalue weighted by molar-refractivity contribution is -0.121. The molecule has 3 atom stereocenters. The molecular formula is C21H42N6O5. The van der Waals surface area contributed by atoms with E-state index in [4.69, 9.17) is 14.2 Å². The Bertz CT molecular complexity index is 541. The monoisotopic (exact) mass is 458 g/mol. The summed E-state index contributed by atoms with van der Waals surface area (Å²) in [4.78, 5) is 23.1. The van der Waals surface area contributed by atoms with Crippen molar-refractivity contribution in [1.29, 1.82) is 0 Å². The van der Waals surface area contributed by atoms with Gasteiger partial charge in [0.1, 0.15) is 0 Å². The number of hydrazine groups is 2. The molecule has 2 aliphatic rings. The number of unbranched alkanes of at least 4 members (excludes halogenated alkanes) is 2. The number of urea groups is 1. The number of amides is 3. The summed E-state index contributed by atoms with van der Waals surface area (Å²) >= 11 is 0. The van der Waals surface area contributed by atoms with Crippen LogP contribution in [0.25, 0.3) is 0 Å². The van der Waals surface area contributed by atoms with Gasteiger partial charge in [0.2, 0.25) is 5.91 Å². The van der Waals surface area contributed by atoms with E-state index in [1.54, 1.807) is 0 Å². The Morgan fingerprint density at radius 3 is 2.38 bits per heavy atom. The molecule has 3 amide bonds. The first-order valence-electron chi connectivity index (χ1n) is 11.9. The van der Waals surface area contributed by atoms with Crippen molar-refractivity contribution in [3.8, 4) is 0 Å². The maximum atomic E-state index is 11.8. The topological polar surface area (TPSA) is 125 Å². The molecule has 0 saturated carbocycles. The molecule has 0 aromatic heterocycles. The van der Waals surface area contributed by atoms with Gasteiger partial charge in [-0.05, 0) is 26.7 Å². The van der Waals surface area contributed by atoms with E-state index in [-0.39, 0.29) is 24.0 Å². The molecule has 11 heteroatoms. The van der Waals surface area contributed by atoms with E-state index in [0.717, 1.165) is 38.8 Å². The minimum Gasteiger partial charge on any atom is -0.378 e. The normalized spacial score (nSPS) is 23.3. The smallest absolute Gasteiger partial charge is 0.315 e. The van der Waals surface area contributed by atoms with E-state index in [2.05, 4.69) is 38.8 Å². The molecule has 0 aromatic rings. The van der Waals surface area contributed by atoms with Crippen LogP contribution in [0.5, 0.6) is 0 Å². The molecule has 2 saturated heterocycles. The molecule has 2 heterocycles. The minimum atomic E-state index is -0.0845. The Labute approximate surface area is 191 Å². The zero-order valence-corrected chi connectivity index (χ0v) is 19.6. The third-order valence-corrected chi connectivity index (χ3v) is 5.48. The van der Waals surface area contributed by atoms with Crippen LogP contribution in [-0.2, 0) is 19.0 Å². The number of hydrogen-bond acceptors (Lipinski definition) is 8. The first-order valence-corrected chi connectivity index (χ1v) is 11.9. The Hall–Kier alpha value is -1.50. The summed E-state index contributed by atoms with van der Waals surface area (Å²) in [7, 11) is 0. The number of rotatable bonds is 18. The SMILES string of the molecule is CC1CN(CCOCCOCCOCCNC(=O)CCCCC[C@H]2NC(=O)N[C@H]2C)NN1. The van der Waals surface area contributed by atoms with Gasteiger partial charge in [0.05, 0.1) is 45.7 Å². The van der Waals surface area contributed by atoms with Crippen molar-refractivity contribution < 1.29 is 23.8 Å². The zero-order valence-electron chi connectivity index (χ0n) is 19.6. The Balaban J connectivity index is 1.26. The largest absolute Gasteiger partial charge is 0.378 e. The second-order valence-electron chi connectivity index (χ2n) is 8.40. The summed E-state index contributed by atoms with van der Waals surface area (Å²) in [6.45, 7) is 9.72. The van der Waals surface area contributed by atoms with Gasteiger partial charge in [-0.2, -0.15) is 5.53 Å². The Morgan fingerprint density at radius 2 is 1.72 bits per heavy atom. The Kier molecular flexibility index (Phi) is 13.5. The van der Waals surface area contributed by atoms with Crippen LogP contribution in [0.2, 0.25) is 0 Å². The third-order valence-electron chi connectivity index (χ3n) is 5.48. The van der Waals surface area contributed by atoms with Gasteiger partial charge < -0.3 is 30.2 Å². The lowest BCUT2D eigenvalue weighted by Crippen LogP contribution is -2.38. The van der Waals surface area contributed by atoms with E-state index in [1.807, 2.05) is 6.92 Å². The standard InChI is InChI=1S/C21H42N6O5/c1-17-16-27(26-25-17)9-11-31-13-15-32-14-12-30-10-8-22-20(28)7-5-3-4-6-19-18(2)23-21(29)24-19/h17-19,25-26H,3-16H2,1-2H3,(H,22,28)(H2,23,24,29)/t17?,18-,19+/m0/s1. The molecule has 32 heavy (non-hydrogen) atoms. The molecule has 0 bridgehead atoms. The Morgan fingerprint density at radius 1 is 1.00 bits per heavy atom. The molecule has 11 nitrogen and oxygen atoms in total. The molecule has 0 radical (unpaired) electrons. The predicted molar refractivity (Wildman–Crippen MR) is 121 cm³/mol. The first kappa shape index (κ1) is 26.7. The maximum absolute atomic E-state index is 11.8. The summed E-state index contributed by atoms with van der Waals surface area (Å²) in [5, 5.41) is 10.7. The van der Waals surface area contributed by atoms with Crippen LogP contribution in [0, 0.1) is 0 Å². The number of ether oxygens (including phenoxy) is 3. The molecule has 5 N–H and O–H groups in total. The number of hydrogen-bond donors (Lipinski definition) is 5. The highest BCUT2D eigenvalue weighted by atomic mass is 16.5. The molecule has 2 aliphatic heterocycles. The summed E-state index contributed by atoms with van der Waals surface area (Å²) in [5.74, 6) is 0.0561. The molecule has 0 aliphatic carbocycles. The highest BCUT2D eigenvalue weighted by Gasteiger charge is 2.26. The van der Waals surface area contributed by atoms with Gasteiger partial charge in [-0.15, -0.1) is 0 Å². The van der Waals surface area contributed by atoms with Crippen LogP contribution in [0.15, 0.2) is 0 Å². The van der Waals surface area contributed by atoms with E-state index in [9.17, 15) is 9.59 Å². The summed E-state index contributed by atoms with van der Waals surface area (Å²) in [6.07, 6.45) is 4.31. The number of nitrogens with one attached hydrogen (secondary N) is 5. The molecule has 1 unspecified atom stereocenters. The van der Waals surface area contributed by atoms with Gasteiger partial charge in [-0.1, -0.05) is 12.8 Å². The summed E-state index contributed by atoms with van der Waals surface area (Å²) in [6, 6.07) is 0.745. The van der Waals surface area contributed by atoms with Gasteiger partial charge in [-0.25, -0.2) is 15.2 Å². The zero-order chi connectivity index (χ0) is 23.0. The summed E-state index contributed by atoms with van der Waals surface area (Å²) < 4.78 is 16.5. The van der Waals surface area contributed by atoms with Gasteiger partial charge in [0.15, 0.2) is 0 Å². The number of carbonyl (C=O) groups is 2. The number of carbonyl (C=O) groups excluding carboxylic acids is 2. The average Bonchev–Trinajstić information content (AvgIpc) is 3.32. The highest BCUT2D eigenvalue weighted by Crippen LogP contribution is 2.11. The molecule has 0 spiro atoms. The molecule has 2 fully saturated rings. The van der Waals surface area contributed by atoms with Crippen LogP contribution in [-0.4, -0.2) is 94.3 Å². The fraction of sp³-hybridized carbons (Fsp3) is 0.905. The second kappa shape index (κ2) is 16.2. The first-order chi connectivity index (χ1) is 15.5. The summed E-state index contributed by atoms with van der Waals surface area (Å²) in [5.41, 5.74) is 6.23. The lowest BCUT2D eigenvalue weighted by atomic mass is 10.0. The van der Waals surface area contributed by atoms with Crippen LogP contribution < -0.4 is 26.9 Å². The van der Waals surface area contributed by atoms with Gasteiger partial charge in [0, 0.05) is 38.1 Å². The molecule has 186 valence electrons. The molecular weight excluding hydrogens is 416 g/mol. The maximum Gasteiger partial charge on any atom is 0.315 e. The van der Waals surface area contributed by atoms with Crippen molar-refractivity contribution >= 4 is 11.9 Å². The lowest BCUT2D eigenvalue weighted by Gasteiger charge is -2.14. The van der Waals surface area contributed by atoms with Crippen molar-refractivity contribution in [2.24, 2.45) is 0 Å². The van der Waals surface area contributed by atoms with Crippen molar-refractivity contribution in [1.82, 2.24) is 31.9 Å². The number of nitrogens with zero attached hydrogens (tertiary/aromatic N) is 1. The van der Waals surface area contributed by atoms with E-state index in [0.29, 0.717) is 58.6 Å². The van der Waals surface area contributed by atoms with Crippen molar-refractivity contribution in [2.75, 3.05) is 59.3 Å². The molecule has 2 rings (SSSR count). The van der Waals surface area contributed by atoms with E-state index < -0.39 is 0 Å². The van der Waals surface area contributed by atoms with Crippen molar-refractivity contribution in [2.45, 2.75) is 64.1 Å². The van der Waals surface area contributed by atoms with Crippen LogP contribution >= 0.6 is 0 Å². The van der Waals surface area contributed by atoms with Crippen molar-refractivity contribution in [3.05, 3.63) is 0 Å². The minimum absolute atomic E-state index is 0.0561. The van der Waals surface area contributed by atoms with E-state index >= 15 is 0 Å². The quantitative estimate of drug-likeness (QED) is 0.180. The van der Waals surface area contributed by atoms with E-state index in [1.165, 1.54) is 0 Å². The third kappa shape index (κ3) is 11.9. The fourth-order valence-electron chi connectivity index (χ4n) is 3.63. The highest BCUT2D eigenvalue weighted by molar-refractivity contribution is 5.77. The fourth-order valence-corrected chi connectivity index (χ4v) is 3.63. The van der Waals surface area contributed by atoms with Crippen molar-refractivity contribution in [3.63, 3.8) is 0 Å². The second-order valence-corrected chi connectivity index (χ2v) is 8.40. The predicted octanol–water partition coefficient (Wildman–Crippen LogP) is -0.114. The van der Waals surface area contributed by atoms with Gasteiger partial charge in [-0.3, -0.25) is 4.79 Å². The molecule has 0 aromatic carbocycles. The average molecular weight is 459 g/mol.